The van der Waals surface area contributed by atoms with E-state index in [9.17, 15) is 0 Å². The predicted molar refractivity (Wildman–Crippen MR) is 82.5 cm³/mol. The molecule has 1 fully saturated rings. The molecule has 1 aromatic rings. The van der Waals surface area contributed by atoms with Crippen LogP contribution in [-0.2, 0) is 6.42 Å². The van der Waals surface area contributed by atoms with Crippen LogP contribution in [0.25, 0.3) is 0 Å². The largest absolute Gasteiger partial charge is 0.315 e. The summed E-state index contributed by atoms with van der Waals surface area (Å²) in [4.78, 5) is 2.70. The Kier molecular flexibility index (Phi) is 6.38. The molecule has 0 amide bonds. The molecule has 0 bridgehead atoms. The van der Waals surface area contributed by atoms with Crippen LogP contribution in [-0.4, -0.2) is 37.1 Å². The van der Waals surface area contributed by atoms with Gasteiger partial charge in [-0.2, -0.15) is 0 Å². The van der Waals surface area contributed by atoms with Crippen molar-refractivity contribution in [3.63, 3.8) is 0 Å². The topological polar surface area (TPSA) is 15.3 Å². The second-order valence-corrected chi connectivity index (χ2v) is 5.63. The van der Waals surface area contributed by atoms with E-state index >= 15 is 0 Å². The van der Waals surface area contributed by atoms with Gasteiger partial charge in [0.05, 0.1) is 0 Å². The van der Waals surface area contributed by atoms with Crippen LogP contribution in [0.4, 0.5) is 0 Å². The minimum absolute atomic E-state index is 0.768. The summed E-state index contributed by atoms with van der Waals surface area (Å²) in [6.07, 6.45) is 6.46. The van der Waals surface area contributed by atoms with Gasteiger partial charge in [-0.3, -0.25) is 4.90 Å². The SMILES string of the molecule is CCCN(CCCc1ccccc1)C1CCCNC1. The van der Waals surface area contributed by atoms with E-state index in [1.807, 2.05) is 0 Å². The highest BCUT2D eigenvalue weighted by Crippen LogP contribution is 2.12. The molecule has 1 saturated heterocycles. The Morgan fingerprint density at radius 2 is 2.05 bits per heavy atom. The van der Waals surface area contributed by atoms with E-state index in [1.165, 1.54) is 63.8 Å². The maximum Gasteiger partial charge on any atom is 0.0221 e. The van der Waals surface area contributed by atoms with Crippen molar-refractivity contribution in [2.75, 3.05) is 26.2 Å². The van der Waals surface area contributed by atoms with Crippen molar-refractivity contribution < 1.29 is 0 Å². The molecule has 1 heterocycles. The van der Waals surface area contributed by atoms with Crippen LogP contribution in [0.5, 0.6) is 0 Å². The normalized spacial score (nSPS) is 19.8. The van der Waals surface area contributed by atoms with E-state index < -0.39 is 0 Å². The van der Waals surface area contributed by atoms with Crippen molar-refractivity contribution in [1.29, 1.82) is 0 Å². The molecule has 1 aromatic carbocycles. The van der Waals surface area contributed by atoms with E-state index in [2.05, 4.69) is 47.5 Å². The Labute approximate surface area is 118 Å². The molecule has 2 nitrogen and oxygen atoms in total. The number of hydrogen-bond donors (Lipinski definition) is 1. The lowest BCUT2D eigenvalue weighted by Crippen LogP contribution is -2.46. The zero-order valence-corrected chi connectivity index (χ0v) is 12.3. The van der Waals surface area contributed by atoms with Crippen LogP contribution in [0, 0.1) is 0 Å². The molecule has 0 aromatic heterocycles. The lowest BCUT2D eigenvalue weighted by molar-refractivity contribution is 0.164. The molecule has 2 heteroatoms. The molecule has 0 spiro atoms. The van der Waals surface area contributed by atoms with E-state index in [0.717, 1.165) is 6.04 Å². The first-order valence-corrected chi connectivity index (χ1v) is 7.89. The van der Waals surface area contributed by atoms with Crippen molar-refractivity contribution in [3.05, 3.63) is 35.9 Å². The van der Waals surface area contributed by atoms with Crippen LogP contribution in [0.1, 0.15) is 38.2 Å². The Hall–Kier alpha value is -0.860. The molecule has 0 aliphatic carbocycles. The number of aryl methyl sites for hydroxylation is 1. The molecular formula is C17H28N2. The molecule has 0 saturated carbocycles. The molecule has 1 aliphatic rings. The summed E-state index contributed by atoms with van der Waals surface area (Å²) in [6.45, 7) is 7.18. The number of nitrogens with zero attached hydrogens (tertiary/aromatic N) is 1. The first-order chi connectivity index (χ1) is 9.40. The van der Waals surface area contributed by atoms with Gasteiger partial charge in [-0.1, -0.05) is 37.3 Å². The summed E-state index contributed by atoms with van der Waals surface area (Å²) in [6, 6.07) is 11.6. The number of rotatable bonds is 7. The third-order valence-electron chi connectivity index (χ3n) is 4.05. The number of nitrogens with one attached hydrogen (secondary N) is 1. The molecule has 1 unspecified atom stereocenters. The molecule has 1 atom stereocenters. The van der Waals surface area contributed by atoms with Crippen molar-refractivity contribution in [1.82, 2.24) is 10.2 Å². The van der Waals surface area contributed by atoms with Crippen LogP contribution in [0.15, 0.2) is 30.3 Å². The van der Waals surface area contributed by atoms with Gasteiger partial charge in [-0.05, 0) is 57.3 Å². The first kappa shape index (κ1) is 14.5. The Bertz CT molecular complexity index is 330. The highest BCUT2D eigenvalue weighted by Gasteiger charge is 2.19. The summed E-state index contributed by atoms with van der Waals surface area (Å²) in [5, 5.41) is 3.54. The van der Waals surface area contributed by atoms with Gasteiger partial charge >= 0.3 is 0 Å². The van der Waals surface area contributed by atoms with Gasteiger partial charge in [0.15, 0.2) is 0 Å². The Balaban J connectivity index is 1.76. The van der Waals surface area contributed by atoms with Crippen molar-refractivity contribution in [3.8, 4) is 0 Å². The number of piperidine rings is 1. The van der Waals surface area contributed by atoms with E-state index in [0.29, 0.717) is 0 Å². The molecule has 19 heavy (non-hydrogen) atoms. The van der Waals surface area contributed by atoms with Gasteiger partial charge in [-0.25, -0.2) is 0 Å². The van der Waals surface area contributed by atoms with Crippen molar-refractivity contribution >= 4 is 0 Å². The van der Waals surface area contributed by atoms with Gasteiger partial charge in [0, 0.05) is 12.6 Å². The van der Waals surface area contributed by atoms with E-state index in [4.69, 9.17) is 0 Å². The van der Waals surface area contributed by atoms with Crippen LogP contribution in [0.3, 0.4) is 0 Å². The predicted octanol–water partition coefficient (Wildman–Crippen LogP) is 3.08. The van der Waals surface area contributed by atoms with Gasteiger partial charge in [-0.15, -0.1) is 0 Å². The Morgan fingerprint density at radius 3 is 2.74 bits per heavy atom. The Morgan fingerprint density at radius 1 is 1.21 bits per heavy atom. The van der Waals surface area contributed by atoms with E-state index in [1.54, 1.807) is 0 Å². The second kappa shape index (κ2) is 8.34. The van der Waals surface area contributed by atoms with Gasteiger partial charge < -0.3 is 5.32 Å². The van der Waals surface area contributed by atoms with Crippen molar-refractivity contribution in [2.45, 2.75) is 45.1 Å². The minimum atomic E-state index is 0.768. The summed E-state index contributed by atoms with van der Waals surface area (Å²) in [7, 11) is 0. The summed E-state index contributed by atoms with van der Waals surface area (Å²) in [5.41, 5.74) is 1.47. The average Bonchev–Trinajstić information content (AvgIpc) is 2.48. The lowest BCUT2D eigenvalue weighted by Gasteiger charge is -2.34. The fourth-order valence-electron chi connectivity index (χ4n) is 3.04. The number of benzene rings is 1. The second-order valence-electron chi connectivity index (χ2n) is 5.63. The van der Waals surface area contributed by atoms with Gasteiger partial charge in [0.25, 0.3) is 0 Å². The highest BCUT2D eigenvalue weighted by molar-refractivity contribution is 5.14. The van der Waals surface area contributed by atoms with Crippen LogP contribution < -0.4 is 5.32 Å². The monoisotopic (exact) mass is 260 g/mol. The molecule has 0 radical (unpaired) electrons. The third-order valence-corrected chi connectivity index (χ3v) is 4.05. The summed E-state index contributed by atoms with van der Waals surface area (Å²) < 4.78 is 0. The maximum absolute atomic E-state index is 3.54. The molecular weight excluding hydrogens is 232 g/mol. The third kappa shape index (κ3) is 4.96. The zero-order chi connectivity index (χ0) is 13.3. The minimum Gasteiger partial charge on any atom is -0.315 e. The zero-order valence-electron chi connectivity index (χ0n) is 12.3. The lowest BCUT2D eigenvalue weighted by atomic mass is 10.0. The molecule has 2 rings (SSSR count). The fraction of sp³-hybridized carbons (Fsp3) is 0.647. The van der Waals surface area contributed by atoms with Gasteiger partial charge in [0.1, 0.15) is 0 Å². The fourth-order valence-corrected chi connectivity index (χ4v) is 3.04. The number of hydrogen-bond acceptors (Lipinski definition) is 2. The molecule has 106 valence electrons. The van der Waals surface area contributed by atoms with Gasteiger partial charge in [0.2, 0.25) is 0 Å². The van der Waals surface area contributed by atoms with E-state index in [-0.39, 0.29) is 0 Å². The first-order valence-electron chi connectivity index (χ1n) is 7.89. The standard InChI is InChI=1S/C17H28N2/c1-2-13-19(17-11-6-12-18-15-17)14-7-10-16-8-4-3-5-9-16/h3-5,8-9,17-18H,2,6-7,10-15H2,1H3. The highest BCUT2D eigenvalue weighted by atomic mass is 15.2. The summed E-state index contributed by atoms with van der Waals surface area (Å²) >= 11 is 0. The van der Waals surface area contributed by atoms with Crippen LogP contribution >= 0.6 is 0 Å². The maximum atomic E-state index is 3.54. The molecule has 1 N–H and O–H groups in total. The van der Waals surface area contributed by atoms with Crippen molar-refractivity contribution in [2.24, 2.45) is 0 Å². The summed E-state index contributed by atoms with van der Waals surface area (Å²) in [5.74, 6) is 0. The average molecular weight is 260 g/mol. The molecule has 1 aliphatic heterocycles. The van der Waals surface area contributed by atoms with Crippen LogP contribution in [0.2, 0.25) is 0 Å². The quantitative estimate of drug-likeness (QED) is 0.810. The smallest absolute Gasteiger partial charge is 0.0221 e.